The zero-order valence-corrected chi connectivity index (χ0v) is 19.8. The van der Waals surface area contributed by atoms with Crippen molar-refractivity contribution in [2.24, 2.45) is 0 Å². The maximum atomic E-state index is 12.5. The number of halogens is 1. The van der Waals surface area contributed by atoms with Crippen LogP contribution in [0.15, 0.2) is 59.3 Å². The Kier molecular flexibility index (Phi) is 6.92. The van der Waals surface area contributed by atoms with E-state index in [9.17, 15) is 4.79 Å². The Morgan fingerprint density at radius 1 is 1.06 bits per heavy atom. The summed E-state index contributed by atoms with van der Waals surface area (Å²) in [7, 11) is 0. The lowest BCUT2D eigenvalue weighted by Gasteiger charge is -2.26. The number of piperidine rings is 1. The standard InChI is InChI=1S/C26H28ClN5O2/c27-20-10-8-19(9-11-20)25-23(12-13-24(33)28-14-17-31-15-4-1-5-16-31)34-26(30-25)32-18-29-21-6-2-3-7-22(21)32/h2-3,6-11,18H,1,4-5,12-17H2,(H,28,33). The molecule has 0 atom stereocenters. The molecule has 2 aromatic heterocycles. The number of hydrogen-bond donors (Lipinski definition) is 1. The van der Waals surface area contributed by atoms with Gasteiger partial charge in [-0.3, -0.25) is 9.36 Å². The number of carbonyl (C=O) groups excluding carboxylic acids is 1. The number of hydrogen-bond acceptors (Lipinski definition) is 5. The summed E-state index contributed by atoms with van der Waals surface area (Å²) >= 11 is 6.09. The van der Waals surface area contributed by atoms with Crippen LogP contribution in [0.3, 0.4) is 0 Å². The lowest BCUT2D eigenvalue weighted by Crippen LogP contribution is -2.37. The largest absolute Gasteiger partial charge is 0.427 e. The third-order valence-electron chi connectivity index (χ3n) is 6.24. The number of para-hydroxylation sites is 2. The van der Waals surface area contributed by atoms with E-state index in [0.29, 0.717) is 41.9 Å². The molecule has 5 rings (SSSR count). The molecule has 3 heterocycles. The molecule has 34 heavy (non-hydrogen) atoms. The molecule has 2 aromatic carbocycles. The zero-order valence-electron chi connectivity index (χ0n) is 19.0. The number of rotatable bonds is 8. The maximum absolute atomic E-state index is 12.5. The van der Waals surface area contributed by atoms with E-state index in [-0.39, 0.29) is 5.91 Å². The Bertz CT molecular complexity index is 1260. The SMILES string of the molecule is O=C(CCc1oc(-n2cnc3ccccc32)nc1-c1ccc(Cl)cc1)NCCN1CCCCC1. The van der Waals surface area contributed by atoms with Gasteiger partial charge in [-0.05, 0) is 50.2 Å². The molecule has 0 unspecified atom stereocenters. The van der Waals surface area contributed by atoms with Gasteiger partial charge in [0.2, 0.25) is 5.91 Å². The minimum absolute atomic E-state index is 0.0186. The fourth-order valence-corrected chi connectivity index (χ4v) is 4.53. The summed E-state index contributed by atoms with van der Waals surface area (Å²) in [6.07, 6.45) is 6.31. The predicted octanol–water partition coefficient (Wildman–Crippen LogP) is 4.87. The number of amides is 1. The summed E-state index contributed by atoms with van der Waals surface area (Å²) in [4.78, 5) is 24.2. The molecule has 0 saturated carbocycles. The number of fused-ring (bicyclic) bond motifs is 1. The number of imidazole rings is 1. The summed E-state index contributed by atoms with van der Waals surface area (Å²) in [5.41, 5.74) is 3.38. The normalized spacial score (nSPS) is 14.5. The molecule has 0 spiro atoms. The Morgan fingerprint density at radius 2 is 1.85 bits per heavy atom. The number of nitrogens with zero attached hydrogens (tertiary/aromatic N) is 4. The number of benzene rings is 2. The average molecular weight is 478 g/mol. The second-order valence-corrected chi connectivity index (χ2v) is 9.07. The van der Waals surface area contributed by atoms with E-state index < -0.39 is 0 Å². The number of likely N-dealkylation sites (tertiary alicyclic amines) is 1. The topological polar surface area (TPSA) is 76.2 Å². The molecule has 0 aliphatic carbocycles. The monoisotopic (exact) mass is 477 g/mol. The van der Waals surface area contributed by atoms with Crippen molar-refractivity contribution in [1.29, 1.82) is 0 Å². The first-order valence-corrected chi connectivity index (χ1v) is 12.2. The van der Waals surface area contributed by atoms with Gasteiger partial charge in [0.1, 0.15) is 17.8 Å². The van der Waals surface area contributed by atoms with Crippen molar-refractivity contribution in [3.05, 3.63) is 65.6 Å². The second kappa shape index (κ2) is 10.4. The van der Waals surface area contributed by atoms with Gasteiger partial charge in [-0.1, -0.05) is 42.3 Å². The molecule has 0 bridgehead atoms. The number of nitrogens with one attached hydrogen (secondary N) is 1. The predicted molar refractivity (Wildman–Crippen MR) is 133 cm³/mol. The fourth-order valence-electron chi connectivity index (χ4n) is 4.41. The lowest BCUT2D eigenvalue weighted by atomic mass is 10.1. The number of carbonyl (C=O) groups is 1. The molecule has 8 heteroatoms. The van der Waals surface area contributed by atoms with Gasteiger partial charge in [-0.25, -0.2) is 4.98 Å². The maximum Gasteiger partial charge on any atom is 0.308 e. The first kappa shape index (κ1) is 22.6. The van der Waals surface area contributed by atoms with Crippen LogP contribution in [0.2, 0.25) is 5.02 Å². The smallest absolute Gasteiger partial charge is 0.308 e. The van der Waals surface area contributed by atoms with E-state index in [1.54, 1.807) is 6.33 Å². The Morgan fingerprint density at radius 3 is 2.68 bits per heavy atom. The minimum Gasteiger partial charge on any atom is -0.427 e. The van der Waals surface area contributed by atoms with Gasteiger partial charge >= 0.3 is 6.01 Å². The summed E-state index contributed by atoms with van der Waals surface area (Å²) in [5, 5.41) is 3.71. The molecule has 1 amide bonds. The first-order valence-electron chi connectivity index (χ1n) is 11.8. The van der Waals surface area contributed by atoms with Crippen LogP contribution < -0.4 is 5.32 Å². The van der Waals surface area contributed by atoms with Gasteiger partial charge in [0.15, 0.2) is 0 Å². The molecule has 1 aliphatic heterocycles. The molecular formula is C26H28ClN5O2. The number of oxazole rings is 1. The molecular weight excluding hydrogens is 450 g/mol. The third kappa shape index (κ3) is 5.16. The van der Waals surface area contributed by atoms with Crippen molar-refractivity contribution in [2.45, 2.75) is 32.1 Å². The van der Waals surface area contributed by atoms with Crippen LogP contribution in [0, 0.1) is 0 Å². The van der Waals surface area contributed by atoms with E-state index >= 15 is 0 Å². The van der Waals surface area contributed by atoms with Crippen LogP contribution in [-0.2, 0) is 11.2 Å². The molecule has 1 aliphatic rings. The molecule has 1 fully saturated rings. The van der Waals surface area contributed by atoms with Gasteiger partial charge in [0, 0.05) is 36.5 Å². The highest BCUT2D eigenvalue weighted by Crippen LogP contribution is 2.29. The first-order chi connectivity index (χ1) is 16.7. The van der Waals surface area contributed by atoms with E-state index in [1.165, 1.54) is 19.3 Å². The molecule has 4 aromatic rings. The number of aryl methyl sites for hydroxylation is 1. The molecule has 0 radical (unpaired) electrons. The Hall–Kier alpha value is -3.16. The summed E-state index contributed by atoms with van der Waals surface area (Å²) in [6, 6.07) is 15.7. The summed E-state index contributed by atoms with van der Waals surface area (Å²) < 4.78 is 8.02. The highest BCUT2D eigenvalue weighted by atomic mass is 35.5. The van der Waals surface area contributed by atoms with Crippen molar-refractivity contribution >= 4 is 28.5 Å². The van der Waals surface area contributed by atoms with Gasteiger partial charge < -0.3 is 14.6 Å². The third-order valence-corrected chi connectivity index (χ3v) is 6.49. The van der Waals surface area contributed by atoms with E-state index in [2.05, 4.69) is 15.2 Å². The second-order valence-electron chi connectivity index (χ2n) is 8.63. The minimum atomic E-state index is 0.0186. The lowest BCUT2D eigenvalue weighted by molar-refractivity contribution is -0.121. The van der Waals surface area contributed by atoms with Crippen LogP contribution in [0.4, 0.5) is 0 Å². The van der Waals surface area contributed by atoms with Gasteiger partial charge in [-0.2, -0.15) is 4.98 Å². The quantitative estimate of drug-likeness (QED) is 0.392. The Balaban J connectivity index is 1.32. The zero-order chi connectivity index (χ0) is 23.3. The molecule has 1 saturated heterocycles. The van der Waals surface area contributed by atoms with Crippen LogP contribution in [-0.4, -0.2) is 51.5 Å². The van der Waals surface area contributed by atoms with Gasteiger partial charge in [0.05, 0.1) is 11.0 Å². The highest BCUT2D eigenvalue weighted by Gasteiger charge is 2.19. The molecule has 1 N–H and O–H groups in total. The van der Waals surface area contributed by atoms with Crippen molar-refractivity contribution in [2.75, 3.05) is 26.2 Å². The van der Waals surface area contributed by atoms with Crippen LogP contribution in [0.25, 0.3) is 28.3 Å². The highest BCUT2D eigenvalue weighted by molar-refractivity contribution is 6.30. The van der Waals surface area contributed by atoms with Crippen molar-refractivity contribution < 1.29 is 9.21 Å². The van der Waals surface area contributed by atoms with Crippen molar-refractivity contribution in [1.82, 2.24) is 24.8 Å². The van der Waals surface area contributed by atoms with Crippen LogP contribution >= 0.6 is 11.6 Å². The average Bonchev–Trinajstić information content (AvgIpc) is 3.48. The molecule has 176 valence electrons. The Labute approximate surface area is 203 Å². The van der Waals surface area contributed by atoms with Gasteiger partial charge in [-0.15, -0.1) is 0 Å². The van der Waals surface area contributed by atoms with E-state index in [1.807, 2.05) is 53.1 Å². The van der Waals surface area contributed by atoms with Crippen LogP contribution in [0.1, 0.15) is 31.4 Å². The van der Waals surface area contributed by atoms with E-state index in [4.69, 9.17) is 21.0 Å². The van der Waals surface area contributed by atoms with Crippen molar-refractivity contribution in [3.63, 3.8) is 0 Å². The summed E-state index contributed by atoms with van der Waals surface area (Å²) in [5.74, 6) is 0.686. The molecule has 7 nitrogen and oxygen atoms in total. The van der Waals surface area contributed by atoms with Crippen molar-refractivity contribution in [3.8, 4) is 17.3 Å². The fraction of sp³-hybridized carbons (Fsp3) is 0.346. The summed E-state index contributed by atoms with van der Waals surface area (Å²) in [6.45, 7) is 3.83. The number of aromatic nitrogens is 3. The van der Waals surface area contributed by atoms with Crippen LogP contribution in [0.5, 0.6) is 0 Å². The van der Waals surface area contributed by atoms with E-state index in [0.717, 1.165) is 36.2 Å². The van der Waals surface area contributed by atoms with Gasteiger partial charge in [0.25, 0.3) is 0 Å².